The molecule has 0 spiro atoms. The highest BCUT2D eigenvalue weighted by atomic mass is 19.4. The number of pyridine rings is 1. The van der Waals surface area contributed by atoms with E-state index in [0.717, 1.165) is 26.8 Å². The molecule has 3 aromatic rings. The van der Waals surface area contributed by atoms with Gasteiger partial charge in [-0.05, 0) is 17.7 Å². The number of alkyl halides is 3. The quantitative estimate of drug-likeness (QED) is 0.721. The first kappa shape index (κ1) is 17.7. The molecule has 26 heavy (non-hydrogen) atoms. The maximum atomic E-state index is 12.8. The molecule has 0 unspecified atom stereocenters. The molecule has 2 heterocycles. The zero-order chi connectivity index (χ0) is 18.9. The molecule has 0 aliphatic rings. The van der Waals surface area contributed by atoms with Crippen molar-refractivity contribution in [3.63, 3.8) is 0 Å². The lowest BCUT2D eigenvalue weighted by molar-refractivity contribution is -0.141. The molecule has 0 atom stereocenters. The lowest BCUT2D eigenvalue weighted by Crippen LogP contribution is -2.39. The van der Waals surface area contributed by atoms with E-state index in [1.165, 1.54) is 7.05 Å². The Morgan fingerprint density at radius 2 is 1.77 bits per heavy atom. The summed E-state index contributed by atoms with van der Waals surface area (Å²) in [7, 11) is 1.29. The number of hydrogen-bond acceptors (Lipinski definition) is 3. The molecule has 0 aliphatic heterocycles. The Balaban J connectivity index is 2.06. The molecule has 0 radical (unpaired) electrons. The van der Waals surface area contributed by atoms with Crippen LogP contribution in [0.5, 0.6) is 0 Å². The smallest absolute Gasteiger partial charge is 0.280 e. The minimum atomic E-state index is -4.66. The molecular weight excluding hydrogens is 347 g/mol. The molecule has 8 heteroatoms. The van der Waals surface area contributed by atoms with Crippen LogP contribution in [0.15, 0.2) is 58.1 Å². The van der Waals surface area contributed by atoms with Gasteiger partial charge in [0.1, 0.15) is 11.3 Å². The van der Waals surface area contributed by atoms with Gasteiger partial charge in [0.05, 0.1) is 5.39 Å². The van der Waals surface area contributed by atoms with Gasteiger partial charge in [-0.3, -0.25) is 13.9 Å². The van der Waals surface area contributed by atoms with E-state index in [2.05, 4.69) is 4.98 Å². The van der Waals surface area contributed by atoms with E-state index < -0.39 is 23.1 Å². The standard InChI is InChI=1S/C18H14F3N3O2/c1-23-15-13(9-10-14(22-15)18(19,20)21)16(25)24(17(23)26)11-5-8-12-6-3-2-4-7-12/h2-10H,11H2,1H3. The average molecular weight is 361 g/mol. The van der Waals surface area contributed by atoms with Crippen molar-refractivity contribution in [1.29, 1.82) is 0 Å². The normalized spacial score (nSPS) is 12.2. The molecule has 0 aliphatic carbocycles. The van der Waals surface area contributed by atoms with E-state index in [4.69, 9.17) is 0 Å². The number of nitrogens with zero attached hydrogens (tertiary/aromatic N) is 3. The predicted molar refractivity (Wildman–Crippen MR) is 91.7 cm³/mol. The first-order valence-electron chi connectivity index (χ1n) is 7.68. The van der Waals surface area contributed by atoms with Crippen LogP contribution in [0, 0.1) is 0 Å². The maximum Gasteiger partial charge on any atom is 0.433 e. The number of hydrogen-bond donors (Lipinski definition) is 0. The highest BCUT2D eigenvalue weighted by Crippen LogP contribution is 2.28. The van der Waals surface area contributed by atoms with E-state index in [1.54, 1.807) is 12.2 Å². The number of benzene rings is 1. The van der Waals surface area contributed by atoms with Crippen molar-refractivity contribution in [2.24, 2.45) is 7.05 Å². The van der Waals surface area contributed by atoms with Crippen LogP contribution in [0.25, 0.3) is 17.1 Å². The van der Waals surface area contributed by atoms with Gasteiger partial charge in [0.15, 0.2) is 0 Å². The van der Waals surface area contributed by atoms with Crippen molar-refractivity contribution >= 4 is 17.1 Å². The Morgan fingerprint density at radius 3 is 2.42 bits per heavy atom. The van der Waals surface area contributed by atoms with E-state index in [9.17, 15) is 22.8 Å². The fourth-order valence-corrected chi connectivity index (χ4v) is 2.55. The third-order valence-electron chi connectivity index (χ3n) is 3.87. The molecule has 134 valence electrons. The van der Waals surface area contributed by atoms with Crippen molar-refractivity contribution in [3.05, 3.63) is 80.6 Å². The highest BCUT2D eigenvalue weighted by molar-refractivity contribution is 5.74. The topological polar surface area (TPSA) is 56.9 Å². The van der Waals surface area contributed by atoms with Crippen LogP contribution < -0.4 is 11.2 Å². The summed E-state index contributed by atoms with van der Waals surface area (Å²) < 4.78 is 40.3. The SMILES string of the molecule is Cn1c(=O)n(CC=Cc2ccccc2)c(=O)c2ccc(C(F)(F)F)nc21. The predicted octanol–water partition coefficient (Wildman–Crippen LogP) is 2.83. The summed E-state index contributed by atoms with van der Waals surface area (Å²) >= 11 is 0. The Hall–Kier alpha value is -3.16. The number of rotatable bonds is 3. The van der Waals surface area contributed by atoms with Crippen molar-refractivity contribution in [2.75, 3.05) is 0 Å². The van der Waals surface area contributed by atoms with E-state index in [-0.39, 0.29) is 17.6 Å². The Kier molecular flexibility index (Phi) is 4.50. The molecule has 5 nitrogen and oxygen atoms in total. The summed E-state index contributed by atoms with van der Waals surface area (Å²) in [5.74, 6) is 0. The third-order valence-corrected chi connectivity index (χ3v) is 3.87. The molecule has 0 amide bonds. The first-order valence-corrected chi connectivity index (χ1v) is 7.68. The second-order valence-electron chi connectivity index (χ2n) is 5.64. The number of allylic oxidation sites excluding steroid dienone is 1. The molecular formula is C18H14F3N3O2. The zero-order valence-electron chi connectivity index (χ0n) is 13.7. The third kappa shape index (κ3) is 3.30. The molecule has 1 aromatic carbocycles. The fourth-order valence-electron chi connectivity index (χ4n) is 2.55. The van der Waals surface area contributed by atoms with E-state index in [1.807, 2.05) is 30.3 Å². The summed E-state index contributed by atoms with van der Waals surface area (Å²) in [6.07, 6.45) is -1.26. The molecule has 0 N–H and O–H groups in total. The number of aromatic nitrogens is 3. The fraction of sp³-hybridized carbons (Fsp3) is 0.167. The minimum Gasteiger partial charge on any atom is -0.280 e. The van der Waals surface area contributed by atoms with E-state index in [0.29, 0.717) is 0 Å². The average Bonchev–Trinajstić information content (AvgIpc) is 2.62. The van der Waals surface area contributed by atoms with E-state index >= 15 is 0 Å². The van der Waals surface area contributed by atoms with Crippen LogP contribution in [-0.4, -0.2) is 14.1 Å². The first-order chi connectivity index (χ1) is 12.3. The van der Waals surface area contributed by atoms with Gasteiger partial charge in [0, 0.05) is 13.6 Å². The van der Waals surface area contributed by atoms with Gasteiger partial charge in [-0.15, -0.1) is 0 Å². The van der Waals surface area contributed by atoms with Gasteiger partial charge in [0.2, 0.25) is 0 Å². The summed E-state index contributed by atoms with van der Waals surface area (Å²) in [4.78, 5) is 28.3. The molecule has 3 rings (SSSR count). The number of fused-ring (bicyclic) bond motifs is 1. The van der Waals surface area contributed by atoms with Gasteiger partial charge >= 0.3 is 11.9 Å². The highest BCUT2D eigenvalue weighted by Gasteiger charge is 2.33. The van der Waals surface area contributed by atoms with Crippen molar-refractivity contribution in [1.82, 2.24) is 14.1 Å². The largest absolute Gasteiger partial charge is 0.433 e. The van der Waals surface area contributed by atoms with Crippen LogP contribution in [0.3, 0.4) is 0 Å². The number of aryl methyl sites for hydroxylation is 1. The van der Waals surface area contributed by atoms with Crippen molar-refractivity contribution in [3.8, 4) is 0 Å². The maximum absolute atomic E-state index is 12.8. The lowest BCUT2D eigenvalue weighted by atomic mass is 10.2. The summed E-state index contributed by atoms with van der Waals surface area (Å²) in [5.41, 5.74) is -1.96. The zero-order valence-corrected chi connectivity index (χ0v) is 13.7. The Bertz CT molecular complexity index is 1100. The lowest BCUT2D eigenvalue weighted by Gasteiger charge is -2.11. The summed E-state index contributed by atoms with van der Waals surface area (Å²) in [6, 6.07) is 11.1. The second-order valence-corrected chi connectivity index (χ2v) is 5.64. The minimum absolute atomic E-state index is 0.00262. The van der Waals surface area contributed by atoms with Crippen LogP contribution in [0.1, 0.15) is 11.3 Å². The van der Waals surface area contributed by atoms with Gasteiger partial charge in [-0.25, -0.2) is 9.78 Å². The Morgan fingerprint density at radius 1 is 1.08 bits per heavy atom. The van der Waals surface area contributed by atoms with Crippen LogP contribution in [0.2, 0.25) is 0 Å². The molecule has 0 bridgehead atoms. The van der Waals surface area contributed by atoms with Crippen LogP contribution in [0.4, 0.5) is 13.2 Å². The van der Waals surface area contributed by atoms with Crippen LogP contribution >= 0.6 is 0 Å². The van der Waals surface area contributed by atoms with Crippen molar-refractivity contribution in [2.45, 2.75) is 12.7 Å². The van der Waals surface area contributed by atoms with Crippen molar-refractivity contribution < 1.29 is 13.2 Å². The number of halogens is 3. The summed E-state index contributed by atoms with van der Waals surface area (Å²) in [5, 5.41) is -0.0480. The molecule has 2 aromatic heterocycles. The monoisotopic (exact) mass is 361 g/mol. The molecule has 0 fully saturated rings. The molecule has 0 saturated heterocycles. The van der Waals surface area contributed by atoms with Gasteiger partial charge < -0.3 is 0 Å². The van der Waals surface area contributed by atoms with Crippen LogP contribution in [-0.2, 0) is 19.8 Å². The van der Waals surface area contributed by atoms with Gasteiger partial charge in [-0.1, -0.05) is 42.5 Å². The molecule has 0 saturated carbocycles. The van der Waals surface area contributed by atoms with Gasteiger partial charge in [0.25, 0.3) is 5.56 Å². The van der Waals surface area contributed by atoms with Gasteiger partial charge in [-0.2, -0.15) is 13.2 Å². The Labute approximate surface area is 145 Å². The summed E-state index contributed by atoms with van der Waals surface area (Å²) in [6.45, 7) is -0.00262. The second kappa shape index (κ2) is 6.62.